The number of nitrogens with zero attached hydrogens (tertiary/aromatic N) is 1. The standard InChI is InChI=1S/C17H27ClN2O/c1-3-20(16-7-5-4-6-13(16)11-19)12-14-10-15(18)8-9-17(14)21-2/h8-10,13,16H,3-7,11-12,19H2,1-2H3. The van der Waals surface area contributed by atoms with Gasteiger partial charge in [-0.2, -0.15) is 0 Å². The van der Waals surface area contributed by atoms with Gasteiger partial charge in [-0.3, -0.25) is 4.90 Å². The third kappa shape index (κ3) is 4.12. The van der Waals surface area contributed by atoms with E-state index in [-0.39, 0.29) is 0 Å². The monoisotopic (exact) mass is 310 g/mol. The summed E-state index contributed by atoms with van der Waals surface area (Å²) in [6, 6.07) is 6.43. The molecule has 0 bridgehead atoms. The van der Waals surface area contributed by atoms with E-state index in [2.05, 4.69) is 11.8 Å². The van der Waals surface area contributed by atoms with Gasteiger partial charge in [0.25, 0.3) is 0 Å². The lowest BCUT2D eigenvalue weighted by atomic mass is 9.83. The van der Waals surface area contributed by atoms with Crippen LogP contribution in [0.5, 0.6) is 5.75 Å². The molecule has 0 spiro atoms. The lowest BCUT2D eigenvalue weighted by Crippen LogP contribution is -2.44. The summed E-state index contributed by atoms with van der Waals surface area (Å²) in [5.41, 5.74) is 7.15. The quantitative estimate of drug-likeness (QED) is 0.871. The second-order valence-electron chi connectivity index (χ2n) is 5.87. The van der Waals surface area contributed by atoms with Gasteiger partial charge in [-0.25, -0.2) is 0 Å². The first-order chi connectivity index (χ1) is 10.2. The van der Waals surface area contributed by atoms with Gasteiger partial charge in [-0.05, 0) is 50.0 Å². The van der Waals surface area contributed by atoms with Crippen LogP contribution >= 0.6 is 11.6 Å². The molecule has 21 heavy (non-hydrogen) atoms. The normalized spacial score (nSPS) is 22.5. The van der Waals surface area contributed by atoms with E-state index in [1.807, 2.05) is 18.2 Å². The van der Waals surface area contributed by atoms with Gasteiger partial charge in [-0.1, -0.05) is 31.4 Å². The zero-order chi connectivity index (χ0) is 15.2. The lowest BCUT2D eigenvalue weighted by molar-refractivity contribution is 0.105. The first-order valence-corrected chi connectivity index (χ1v) is 8.33. The molecule has 1 aromatic rings. The number of methoxy groups -OCH3 is 1. The van der Waals surface area contributed by atoms with Crippen molar-refractivity contribution in [2.75, 3.05) is 20.2 Å². The van der Waals surface area contributed by atoms with E-state index in [0.29, 0.717) is 12.0 Å². The molecule has 0 aliphatic heterocycles. The predicted octanol–water partition coefficient (Wildman–Crippen LogP) is 3.69. The molecule has 2 N–H and O–H groups in total. The summed E-state index contributed by atoms with van der Waals surface area (Å²) < 4.78 is 5.48. The van der Waals surface area contributed by atoms with Crippen LogP contribution in [0.1, 0.15) is 38.2 Å². The Morgan fingerprint density at radius 2 is 2.10 bits per heavy atom. The summed E-state index contributed by atoms with van der Waals surface area (Å²) in [4.78, 5) is 2.53. The van der Waals surface area contributed by atoms with Crippen LogP contribution in [0.25, 0.3) is 0 Å². The minimum Gasteiger partial charge on any atom is -0.496 e. The van der Waals surface area contributed by atoms with Crippen molar-refractivity contribution in [3.05, 3.63) is 28.8 Å². The van der Waals surface area contributed by atoms with Crippen molar-refractivity contribution in [2.45, 2.75) is 45.2 Å². The highest BCUT2D eigenvalue weighted by Crippen LogP contribution is 2.31. The van der Waals surface area contributed by atoms with E-state index in [9.17, 15) is 0 Å². The number of hydrogen-bond donors (Lipinski definition) is 1. The van der Waals surface area contributed by atoms with Crippen LogP contribution in [0, 0.1) is 5.92 Å². The van der Waals surface area contributed by atoms with Crippen molar-refractivity contribution in [3.63, 3.8) is 0 Å². The van der Waals surface area contributed by atoms with Gasteiger partial charge in [0.05, 0.1) is 7.11 Å². The Hall–Kier alpha value is -0.770. The molecule has 0 amide bonds. The fourth-order valence-electron chi connectivity index (χ4n) is 3.50. The van der Waals surface area contributed by atoms with E-state index in [1.54, 1.807) is 7.11 Å². The second kappa shape index (κ2) is 8.02. The maximum absolute atomic E-state index is 6.15. The van der Waals surface area contributed by atoms with E-state index in [1.165, 1.54) is 25.7 Å². The number of rotatable bonds is 6. The molecular formula is C17H27ClN2O. The Morgan fingerprint density at radius 1 is 1.33 bits per heavy atom. The van der Waals surface area contributed by atoms with Gasteiger partial charge in [0.1, 0.15) is 5.75 Å². The SMILES string of the molecule is CCN(Cc1cc(Cl)ccc1OC)C1CCCCC1CN. The van der Waals surface area contributed by atoms with Gasteiger partial charge in [0.15, 0.2) is 0 Å². The van der Waals surface area contributed by atoms with Crippen LogP contribution in [0.4, 0.5) is 0 Å². The average Bonchev–Trinajstić information content (AvgIpc) is 2.52. The van der Waals surface area contributed by atoms with E-state index >= 15 is 0 Å². The smallest absolute Gasteiger partial charge is 0.123 e. The summed E-state index contributed by atoms with van der Waals surface area (Å²) in [5, 5.41) is 0.765. The van der Waals surface area contributed by atoms with Crippen LogP contribution < -0.4 is 10.5 Å². The van der Waals surface area contributed by atoms with Gasteiger partial charge in [0.2, 0.25) is 0 Å². The van der Waals surface area contributed by atoms with Gasteiger partial charge in [-0.15, -0.1) is 0 Å². The largest absolute Gasteiger partial charge is 0.496 e. The molecule has 1 saturated carbocycles. The highest BCUT2D eigenvalue weighted by atomic mass is 35.5. The molecule has 1 fully saturated rings. The first kappa shape index (κ1) is 16.6. The highest BCUT2D eigenvalue weighted by molar-refractivity contribution is 6.30. The number of halogens is 1. The Morgan fingerprint density at radius 3 is 2.76 bits per heavy atom. The van der Waals surface area contributed by atoms with Crippen molar-refractivity contribution in [2.24, 2.45) is 11.7 Å². The van der Waals surface area contributed by atoms with Gasteiger partial charge < -0.3 is 10.5 Å². The van der Waals surface area contributed by atoms with Crippen LogP contribution in [-0.4, -0.2) is 31.1 Å². The summed E-state index contributed by atoms with van der Waals surface area (Å²) in [6.07, 6.45) is 5.13. The maximum atomic E-state index is 6.15. The van der Waals surface area contributed by atoms with Crippen LogP contribution in [0.3, 0.4) is 0 Å². The van der Waals surface area contributed by atoms with E-state index < -0.39 is 0 Å². The molecule has 2 unspecified atom stereocenters. The zero-order valence-corrected chi connectivity index (χ0v) is 13.9. The van der Waals surface area contributed by atoms with Crippen molar-refractivity contribution in [1.29, 1.82) is 0 Å². The van der Waals surface area contributed by atoms with E-state index in [4.69, 9.17) is 22.1 Å². The fraction of sp³-hybridized carbons (Fsp3) is 0.647. The van der Waals surface area contributed by atoms with Crippen LogP contribution in [0.2, 0.25) is 5.02 Å². The molecule has 1 aromatic carbocycles. The molecular weight excluding hydrogens is 284 g/mol. The number of ether oxygens (including phenoxy) is 1. The average molecular weight is 311 g/mol. The molecule has 2 rings (SSSR count). The van der Waals surface area contributed by atoms with Crippen molar-refractivity contribution in [3.8, 4) is 5.75 Å². The third-order valence-electron chi connectivity index (χ3n) is 4.66. The first-order valence-electron chi connectivity index (χ1n) is 7.96. The number of nitrogens with two attached hydrogens (primary N) is 1. The van der Waals surface area contributed by atoms with Crippen molar-refractivity contribution < 1.29 is 4.74 Å². The summed E-state index contributed by atoms with van der Waals surface area (Å²) >= 11 is 6.15. The molecule has 0 radical (unpaired) electrons. The zero-order valence-electron chi connectivity index (χ0n) is 13.1. The Balaban J connectivity index is 2.16. The predicted molar refractivity (Wildman–Crippen MR) is 88.9 cm³/mol. The number of benzene rings is 1. The molecule has 118 valence electrons. The topological polar surface area (TPSA) is 38.5 Å². The molecule has 0 aromatic heterocycles. The Labute approximate surface area is 133 Å². The molecule has 0 heterocycles. The molecule has 1 aliphatic carbocycles. The minimum atomic E-state index is 0.581. The summed E-state index contributed by atoms with van der Waals surface area (Å²) in [5.74, 6) is 1.53. The third-order valence-corrected chi connectivity index (χ3v) is 4.90. The minimum absolute atomic E-state index is 0.581. The van der Waals surface area contributed by atoms with Gasteiger partial charge >= 0.3 is 0 Å². The molecule has 4 heteroatoms. The molecule has 1 aliphatic rings. The summed E-state index contributed by atoms with van der Waals surface area (Å²) in [6.45, 7) is 4.91. The van der Waals surface area contributed by atoms with E-state index in [0.717, 1.165) is 36.0 Å². The van der Waals surface area contributed by atoms with Crippen LogP contribution in [0.15, 0.2) is 18.2 Å². The maximum Gasteiger partial charge on any atom is 0.123 e. The number of hydrogen-bond acceptors (Lipinski definition) is 3. The fourth-order valence-corrected chi connectivity index (χ4v) is 3.69. The molecule has 2 atom stereocenters. The van der Waals surface area contributed by atoms with Crippen molar-refractivity contribution >= 4 is 11.6 Å². The second-order valence-corrected chi connectivity index (χ2v) is 6.30. The van der Waals surface area contributed by atoms with Crippen LogP contribution in [-0.2, 0) is 6.54 Å². The Bertz CT molecular complexity index is 452. The molecule has 3 nitrogen and oxygen atoms in total. The highest BCUT2D eigenvalue weighted by Gasteiger charge is 2.28. The van der Waals surface area contributed by atoms with Gasteiger partial charge in [0, 0.05) is 23.2 Å². The Kier molecular flexibility index (Phi) is 6.34. The molecule has 0 saturated heterocycles. The van der Waals surface area contributed by atoms with Crippen molar-refractivity contribution in [1.82, 2.24) is 4.90 Å². The summed E-state index contributed by atoms with van der Waals surface area (Å²) in [7, 11) is 1.71. The lowest BCUT2D eigenvalue weighted by Gasteiger charge is -2.39.